The quantitative estimate of drug-likeness (QED) is 0.588. The molecule has 2 fully saturated rings. The van der Waals surface area contributed by atoms with E-state index in [2.05, 4.69) is 11.0 Å². The number of aliphatic hydroxyl groups excluding tert-OH is 4. The fraction of sp³-hybridized carbons (Fsp3) is 0.611. The minimum Gasteiger partial charge on any atom is -0.395 e. The van der Waals surface area contributed by atoms with Crippen molar-refractivity contribution in [1.29, 1.82) is 0 Å². The van der Waals surface area contributed by atoms with E-state index < -0.39 is 24.4 Å². The number of hydrogen-bond donors (Lipinski definition) is 4. The number of nitrogens with zero attached hydrogens (tertiary/aromatic N) is 3. The van der Waals surface area contributed by atoms with Gasteiger partial charge in [-0.15, -0.1) is 0 Å². The van der Waals surface area contributed by atoms with Crippen molar-refractivity contribution in [3.63, 3.8) is 0 Å². The minimum absolute atomic E-state index is 0.237. The SMILES string of the molecule is OC[C@@H]1[C@@H](O)[C@H](O)[C@@H](O)CN1C[C@H]1CCN(c2nc3ccccc3s2)C1. The van der Waals surface area contributed by atoms with Gasteiger partial charge in [-0.2, -0.15) is 0 Å². The van der Waals surface area contributed by atoms with Crippen molar-refractivity contribution in [2.45, 2.75) is 30.8 Å². The van der Waals surface area contributed by atoms with Crippen LogP contribution in [0.5, 0.6) is 0 Å². The van der Waals surface area contributed by atoms with Crippen LogP contribution in [0.4, 0.5) is 5.13 Å². The van der Waals surface area contributed by atoms with E-state index in [1.807, 2.05) is 23.1 Å². The van der Waals surface area contributed by atoms with E-state index >= 15 is 0 Å². The van der Waals surface area contributed by atoms with Gasteiger partial charge in [0.2, 0.25) is 0 Å². The van der Waals surface area contributed by atoms with Gasteiger partial charge in [-0.05, 0) is 24.5 Å². The molecule has 26 heavy (non-hydrogen) atoms. The first kappa shape index (κ1) is 18.1. The molecule has 0 bridgehead atoms. The second-order valence-electron chi connectivity index (χ2n) is 7.32. The van der Waals surface area contributed by atoms with Gasteiger partial charge in [0.25, 0.3) is 0 Å². The largest absolute Gasteiger partial charge is 0.395 e. The second kappa shape index (κ2) is 7.38. The van der Waals surface area contributed by atoms with Gasteiger partial charge >= 0.3 is 0 Å². The van der Waals surface area contributed by atoms with Crippen LogP contribution in [0.25, 0.3) is 10.2 Å². The van der Waals surface area contributed by atoms with Gasteiger partial charge in [-0.3, -0.25) is 4.90 Å². The molecule has 8 heteroatoms. The normalized spacial score (nSPS) is 33.2. The Morgan fingerprint density at radius 2 is 1.92 bits per heavy atom. The molecule has 2 aromatic rings. The van der Waals surface area contributed by atoms with E-state index in [0.29, 0.717) is 12.5 Å². The first-order chi connectivity index (χ1) is 12.6. The summed E-state index contributed by atoms with van der Waals surface area (Å²) >= 11 is 1.70. The Labute approximate surface area is 156 Å². The number of likely N-dealkylation sites (tertiary alicyclic amines) is 1. The van der Waals surface area contributed by atoms with E-state index in [-0.39, 0.29) is 13.2 Å². The number of anilines is 1. The Bertz CT molecular complexity index is 724. The molecule has 0 spiro atoms. The topological polar surface area (TPSA) is 100 Å². The van der Waals surface area contributed by atoms with Crippen LogP contribution in [-0.4, -0.2) is 87.4 Å². The lowest BCUT2D eigenvalue weighted by molar-refractivity contribution is -0.146. The van der Waals surface area contributed by atoms with Crippen LogP contribution >= 0.6 is 11.3 Å². The third-order valence-corrected chi connectivity index (χ3v) is 6.64. The van der Waals surface area contributed by atoms with E-state index in [0.717, 1.165) is 30.2 Å². The second-order valence-corrected chi connectivity index (χ2v) is 8.33. The van der Waals surface area contributed by atoms with Crippen LogP contribution < -0.4 is 4.90 Å². The molecule has 142 valence electrons. The molecule has 0 amide bonds. The zero-order chi connectivity index (χ0) is 18.3. The lowest BCUT2D eigenvalue weighted by Gasteiger charge is -2.44. The highest BCUT2D eigenvalue weighted by molar-refractivity contribution is 7.22. The predicted molar refractivity (Wildman–Crippen MR) is 100 cm³/mol. The molecule has 3 heterocycles. The molecular formula is C18H25N3O4S. The molecule has 2 saturated heterocycles. The first-order valence-electron chi connectivity index (χ1n) is 9.06. The summed E-state index contributed by atoms with van der Waals surface area (Å²) in [6, 6.07) is 7.58. The molecule has 4 rings (SSSR count). The molecule has 2 aliphatic rings. The van der Waals surface area contributed by atoms with E-state index in [1.165, 1.54) is 4.70 Å². The Morgan fingerprint density at radius 1 is 1.12 bits per heavy atom. The summed E-state index contributed by atoms with van der Waals surface area (Å²) in [5.74, 6) is 0.366. The maximum absolute atomic E-state index is 10.1. The van der Waals surface area contributed by atoms with Crippen LogP contribution in [0.3, 0.4) is 0 Å². The minimum atomic E-state index is -1.20. The molecule has 1 aromatic carbocycles. The van der Waals surface area contributed by atoms with Gasteiger partial charge in [0, 0.05) is 26.2 Å². The van der Waals surface area contributed by atoms with Gasteiger partial charge in [0.1, 0.15) is 12.2 Å². The summed E-state index contributed by atoms with van der Waals surface area (Å²) in [7, 11) is 0. The van der Waals surface area contributed by atoms with Gasteiger partial charge in [0.05, 0.1) is 29.0 Å². The van der Waals surface area contributed by atoms with Gasteiger partial charge in [0.15, 0.2) is 5.13 Å². The van der Waals surface area contributed by atoms with Crippen LogP contribution in [0.1, 0.15) is 6.42 Å². The Morgan fingerprint density at radius 3 is 2.69 bits per heavy atom. The van der Waals surface area contributed by atoms with Gasteiger partial charge < -0.3 is 25.3 Å². The van der Waals surface area contributed by atoms with Crippen molar-refractivity contribution >= 4 is 26.7 Å². The standard InChI is InChI=1S/C18H25N3O4S/c22-10-13-16(24)17(25)14(23)9-21(13)8-11-5-6-20(7-11)18-19-12-3-1-2-4-15(12)26-18/h1-4,11,13-14,16-17,22-25H,5-10H2/t11-,13+,14-,16+,17+/m0/s1. The van der Waals surface area contributed by atoms with Crippen LogP contribution in [0.15, 0.2) is 24.3 Å². The smallest absolute Gasteiger partial charge is 0.186 e. The first-order valence-corrected chi connectivity index (χ1v) is 9.88. The Kier molecular flexibility index (Phi) is 5.13. The van der Waals surface area contributed by atoms with E-state index in [1.54, 1.807) is 11.3 Å². The number of β-amino-alcohol motifs (C(OH)–C–C–N with tert-alkyl or cyclic N) is 1. The maximum atomic E-state index is 10.1. The third kappa shape index (κ3) is 3.33. The zero-order valence-corrected chi connectivity index (χ0v) is 15.3. The number of piperidine rings is 1. The van der Waals surface area contributed by atoms with E-state index in [9.17, 15) is 20.4 Å². The summed E-state index contributed by atoms with van der Waals surface area (Å²) in [5, 5.41) is 40.6. The number of hydrogen-bond acceptors (Lipinski definition) is 8. The van der Waals surface area contributed by atoms with Crippen molar-refractivity contribution in [3.8, 4) is 0 Å². The van der Waals surface area contributed by atoms with Crippen LogP contribution in [0.2, 0.25) is 0 Å². The van der Waals surface area contributed by atoms with E-state index in [4.69, 9.17) is 4.98 Å². The van der Waals surface area contributed by atoms with Crippen molar-refractivity contribution in [1.82, 2.24) is 9.88 Å². The molecule has 0 aliphatic carbocycles. The summed E-state index contributed by atoms with van der Waals surface area (Å²) in [6.45, 7) is 2.49. The summed E-state index contributed by atoms with van der Waals surface area (Å²) in [5.41, 5.74) is 1.02. The van der Waals surface area contributed by atoms with Crippen molar-refractivity contribution < 1.29 is 20.4 Å². The Balaban J connectivity index is 1.42. The average molecular weight is 379 g/mol. The van der Waals surface area contributed by atoms with Crippen molar-refractivity contribution in [2.24, 2.45) is 5.92 Å². The summed E-state index contributed by atoms with van der Waals surface area (Å²) in [6.07, 6.45) is -2.33. The van der Waals surface area contributed by atoms with Gasteiger partial charge in [-0.25, -0.2) is 4.98 Å². The lowest BCUT2D eigenvalue weighted by atomic mass is 9.93. The number of thiazole rings is 1. The number of aliphatic hydroxyl groups is 4. The zero-order valence-electron chi connectivity index (χ0n) is 14.5. The maximum Gasteiger partial charge on any atom is 0.186 e. The average Bonchev–Trinajstić information content (AvgIpc) is 3.26. The summed E-state index contributed by atoms with van der Waals surface area (Å²) in [4.78, 5) is 8.92. The highest BCUT2D eigenvalue weighted by Gasteiger charge is 2.42. The molecule has 0 saturated carbocycles. The molecule has 7 nitrogen and oxygen atoms in total. The van der Waals surface area contributed by atoms with Crippen LogP contribution in [0, 0.1) is 5.92 Å². The number of fused-ring (bicyclic) bond motifs is 1. The van der Waals surface area contributed by atoms with Gasteiger partial charge in [-0.1, -0.05) is 23.5 Å². The van der Waals surface area contributed by atoms with Crippen LogP contribution in [-0.2, 0) is 0 Å². The lowest BCUT2D eigenvalue weighted by Crippen LogP contribution is -2.63. The molecular weight excluding hydrogens is 354 g/mol. The number of benzene rings is 1. The number of rotatable bonds is 4. The molecule has 0 unspecified atom stereocenters. The third-order valence-electron chi connectivity index (χ3n) is 5.55. The van der Waals surface area contributed by atoms with Crippen molar-refractivity contribution in [2.75, 3.05) is 37.7 Å². The molecule has 2 aliphatic heterocycles. The monoisotopic (exact) mass is 379 g/mol. The molecule has 5 atom stereocenters. The highest BCUT2D eigenvalue weighted by Crippen LogP contribution is 2.32. The fourth-order valence-corrected chi connectivity index (χ4v) is 5.07. The Hall–Kier alpha value is -1.29. The molecule has 4 N–H and O–H groups in total. The molecule has 1 aromatic heterocycles. The fourth-order valence-electron chi connectivity index (χ4n) is 4.07. The highest BCUT2D eigenvalue weighted by atomic mass is 32.1. The predicted octanol–water partition coefficient (Wildman–Crippen LogP) is -0.118. The number of aromatic nitrogens is 1. The van der Waals surface area contributed by atoms with Crippen molar-refractivity contribution in [3.05, 3.63) is 24.3 Å². The summed E-state index contributed by atoms with van der Waals surface area (Å²) < 4.78 is 1.18. The molecule has 0 radical (unpaired) electrons. The number of para-hydroxylation sites is 1.